The minimum absolute atomic E-state index is 0.254. The summed E-state index contributed by atoms with van der Waals surface area (Å²) in [5.74, 6) is 1.16. The van der Waals surface area contributed by atoms with Crippen molar-refractivity contribution in [1.82, 2.24) is 19.6 Å². The summed E-state index contributed by atoms with van der Waals surface area (Å²) in [5, 5.41) is 17.6. The van der Waals surface area contributed by atoms with E-state index in [4.69, 9.17) is 10.5 Å². The van der Waals surface area contributed by atoms with Crippen LogP contribution in [0.5, 0.6) is 11.6 Å². The summed E-state index contributed by atoms with van der Waals surface area (Å²) in [4.78, 5) is 20.6. The van der Waals surface area contributed by atoms with Crippen molar-refractivity contribution < 1.29 is 14.6 Å². The van der Waals surface area contributed by atoms with Crippen molar-refractivity contribution in [3.05, 3.63) is 96.6 Å². The molecular formula is C29H26N6O3. The molecule has 0 saturated heterocycles. The molecule has 9 nitrogen and oxygen atoms in total. The first-order valence-corrected chi connectivity index (χ1v) is 11.9. The molecule has 4 N–H and O–H groups in total. The van der Waals surface area contributed by atoms with Crippen LogP contribution in [0, 0.1) is 6.92 Å². The number of benzene rings is 2. The van der Waals surface area contributed by atoms with Crippen molar-refractivity contribution in [1.29, 1.82) is 0 Å². The van der Waals surface area contributed by atoms with Crippen LogP contribution in [-0.2, 0) is 11.4 Å². The maximum Gasteiger partial charge on any atom is 0.250 e. The van der Waals surface area contributed by atoms with Crippen LogP contribution in [0.15, 0.2) is 85.2 Å². The number of anilines is 2. The van der Waals surface area contributed by atoms with Gasteiger partial charge in [-0.05, 0) is 55.3 Å². The van der Waals surface area contributed by atoms with Crippen molar-refractivity contribution in [2.45, 2.75) is 20.5 Å². The predicted octanol–water partition coefficient (Wildman–Crippen LogP) is 5.15. The van der Waals surface area contributed by atoms with Crippen LogP contribution < -0.4 is 15.8 Å². The molecule has 5 aromatic rings. The number of nitrogens with one attached hydrogen (secondary N) is 1. The Morgan fingerprint density at radius 1 is 1.05 bits per heavy atom. The Morgan fingerprint density at radius 2 is 1.74 bits per heavy atom. The smallest absolute Gasteiger partial charge is 0.250 e. The van der Waals surface area contributed by atoms with Gasteiger partial charge in [0, 0.05) is 34.1 Å². The highest BCUT2D eigenvalue weighted by atomic mass is 16.5. The minimum atomic E-state index is -0.276. The fourth-order valence-electron chi connectivity index (χ4n) is 4.26. The molecule has 9 heteroatoms. The molecule has 190 valence electrons. The Morgan fingerprint density at radius 3 is 2.39 bits per heavy atom. The number of nitrogen functional groups attached to an aromatic ring is 1. The van der Waals surface area contributed by atoms with E-state index in [1.807, 2.05) is 55.5 Å². The third kappa shape index (κ3) is 4.70. The number of nitrogens with zero attached hydrogens (tertiary/aromatic N) is 4. The molecule has 0 aliphatic rings. The number of aliphatic hydroxyl groups excluding tert-OH is 1. The number of ether oxygens (including phenoxy) is 1. The largest absolute Gasteiger partial charge is 0.439 e. The molecule has 0 aliphatic heterocycles. The lowest BCUT2D eigenvalue weighted by atomic mass is 9.95. The van der Waals surface area contributed by atoms with Gasteiger partial charge in [-0.1, -0.05) is 36.9 Å². The summed E-state index contributed by atoms with van der Waals surface area (Å²) in [7, 11) is 0. The van der Waals surface area contributed by atoms with E-state index in [0.717, 1.165) is 27.9 Å². The molecule has 0 unspecified atom stereocenters. The lowest BCUT2D eigenvalue weighted by Crippen LogP contribution is -2.11. The van der Waals surface area contributed by atoms with Crippen molar-refractivity contribution in [3.8, 4) is 33.9 Å². The lowest BCUT2D eigenvalue weighted by molar-refractivity contribution is -0.112. The van der Waals surface area contributed by atoms with Crippen LogP contribution in [0.4, 0.5) is 11.5 Å². The molecule has 0 aliphatic carbocycles. The summed E-state index contributed by atoms with van der Waals surface area (Å²) < 4.78 is 7.53. The van der Waals surface area contributed by atoms with Crippen LogP contribution in [0.25, 0.3) is 27.8 Å². The summed E-state index contributed by atoms with van der Waals surface area (Å²) in [6.45, 7) is 6.95. The number of aromatic nitrogens is 4. The molecule has 0 fully saturated rings. The number of hydrogen-bond acceptors (Lipinski definition) is 7. The Labute approximate surface area is 219 Å². The molecule has 38 heavy (non-hydrogen) atoms. The van der Waals surface area contributed by atoms with E-state index >= 15 is 0 Å². The molecule has 0 spiro atoms. The van der Waals surface area contributed by atoms with Crippen LogP contribution in [0.1, 0.15) is 18.3 Å². The fourth-order valence-corrected chi connectivity index (χ4v) is 4.26. The van der Waals surface area contributed by atoms with Gasteiger partial charge in [0.1, 0.15) is 17.6 Å². The first-order chi connectivity index (χ1) is 18.4. The average Bonchev–Trinajstić information content (AvgIpc) is 3.25. The molecule has 1 amide bonds. The summed E-state index contributed by atoms with van der Waals surface area (Å²) in [6, 6.07) is 20.5. The van der Waals surface area contributed by atoms with Crippen LogP contribution in [0.2, 0.25) is 0 Å². The van der Waals surface area contributed by atoms with E-state index in [9.17, 15) is 9.90 Å². The first kappa shape index (κ1) is 24.7. The standard InChI is InChI=1S/C29H26N6O3/c1-17(2)29(37)34-21-11-7-19(8-12-21)25-23(15-36)35-27(28(30)31-16-32-35)26(25)20-9-13-22(14-10-20)38-24-6-4-5-18(3)33-24/h4-14,16,36H,1,15H2,2-3H3,(H,34,37)(H2,30,31,32). The second-order valence-corrected chi connectivity index (χ2v) is 8.82. The van der Waals surface area contributed by atoms with Gasteiger partial charge in [-0.3, -0.25) is 4.79 Å². The van der Waals surface area contributed by atoms with Gasteiger partial charge in [0.25, 0.3) is 5.91 Å². The van der Waals surface area contributed by atoms with Crippen LogP contribution in [-0.4, -0.2) is 30.6 Å². The SMILES string of the molecule is C=C(C)C(=O)Nc1ccc(-c2c(-c3ccc(Oc4cccc(C)n4)cc3)c3c(N)ncnn3c2CO)cc1. The number of amides is 1. The third-order valence-electron chi connectivity index (χ3n) is 6.05. The Hall–Kier alpha value is -5.02. The van der Waals surface area contributed by atoms with E-state index in [1.54, 1.807) is 29.6 Å². The number of carbonyl (C=O) groups is 1. The van der Waals surface area contributed by atoms with Gasteiger partial charge >= 0.3 is 0 Å². The maximum absolute atomic E-state index is 12.0. The predicted molar refractivity (Wildman–Crippen MR) is 147 cm³/mol. The van der Waals surface area contributed by atoms with Crippen molar-refractivity contribution >= 4 is 22.9 Å². The number of pyridine rings is 1. The molecule has 0 bridgehead atoms. The molecule has 3 aromatic heterocycles. The van der Waals surface area contributed by atoms with E-state index < -0.39 is 0 Å². The van der Waals surface area contributed by atoms with Gasteiger partial charge in [-0.15, -0.1) is 0 Å². The zero-order chi connectivity index (χ0) is 26.8. The molecule has 2 aromatic carbocycles. The Balaban J connectivity index is 1.60. The summed E-state index contributed by atoms with van der Waals surface area (Å²) in [6.07, 6.45) is 1.36. The molecule has 0 atom stereocenters. The van der Waals surface area contributed by atoms with Gasteiger partial charge in [0.15, 0.2) is 5.82 Å². The molecule has 5 rings (SSSR count). The minimum Gasteiger partial charge on any atom is -0.439 e. The molecule has 3 heterocycles. The Kier molecular flexibility index (Phi) is 6.59. The van der Waals surface area contributed by atoms with Crippen molar-refractivity contribution in [2.24, 2.45) is 0 Å². The van der Waals surface area contributed by atoms with E-state index in [0.29, 0.717) is 34.1 Å². The van der Waals surface area contributed by atoms with E-state index in [2.05, 4.69) is 27.0 Å². The van der Waals surface area contributed by atoms with Gasteiger partial charge in [-0.25, -0.2) is 14.5 Å². The quantitative estimate of drug-likeness (QED) is 0.261. The van der Waals surface area contributed by atoms with Gasteiger partial charge in [0.2, 0.25) is 5.88 Å². The molecular weight excluding hydrogens is 480 g/mol. The monoisotopic (exact) mass is 506 g/mol. The number of hydrogen-bond donors (Lipinski definition) is 3. The van der Waals surface area contributed by atoms with Gasteiger partial charge in [0.05, 0.1) is 12.3 Å². The zero-order valence-electron chi connectivity index (χ0n) is 21.0. The number of rotatable bonds is 7. The Bertz CT molecular complexity index is 1660. The third-order valence-corrected chi connectivity index (χ3v) is 6.05. The van der Waals surface area contributed by atoms with Gasteiger partial charge in [-0.2, -0.15) is 5.10 Å². The highest BCUT2D eigenvalue weighted by molar-refractivity contribution is 6.03. The number of aryl methyl sites for hydroxylation is 1. The summed E-state index contributed by atoms with van der Waals surface area (Å²) >= 11 is 0. The fraction of sp³-hybridized carbons (Fsp3) is 0.103. The molecule has 0 saturated carbocycles. The lowest BCUT2D eigenvalue weighted by Gasteiger charge is -2.11. The van der Waals surface area contributed by atoms with E-state index in [-0.39, 0.29) is 18.3 Å². The average molecular weight is 507 g/mol. The van der Waals surface area contributed by atoms with Crippen LogP contribution in [0.3, 0.4) is 0 Å². The van der Waals surface area contributed by atoms with Crippen LogP contribution >= 0.6 is 0 Å². The molecule has 0 radical (unpaired) electrons. The first-order valence-electron chi connectivity index (χ1n) is 11.9. The van der Waals surface area contributed by atoms with Gasteiger partial charge < -0.3 is 20.9 Å². The number of nitrogens with two attached hydrogens (primary N) is 1. The highest BCUT2D eigenvalue weighted by Crippen LogP contribution is 2.42. The normalized spacial score (nSPS) is 10.9. The number of aliphatic hydroxyl groups is 1. The second-order valence-electron chi connectivity index (χ2n) is 8.82. The number of carbonyl (C=O) groups excluding carboxylic acids is 1. The zero-order valence-corrected chi connectivity index (χ0v) is 21.0. The highest BCUT2D eigenvalue weighted by Gasteiger charge is 2.23. The summed E-state index contributed by atoms with van der Waals surface area (Å²) in [5.41, 5.74) is 12.5. The van der Waals surface area contributed by atoms with E-state index in [1.165, 1.54) is 6.33 Å². The maximum atomic E-state index is 12.0. The second kappa shape index (κ2) is 10.2. The number of fused-ring (bicyclic) bond motifs is 1. The van der Waals surface area contributed by atoms with Crippen molar-refractivity contribution in [2.75, 3.05) is 11.1 Å². The van der Waals surface area contributed by atoms with Crippen molar-refractivity contribution in [3.63, 3.8) is 0 Å². The topological polar surface area (TPSA) is 128 Å².